The third-order valence-corrected chi connectivity index (χ3v) is 3.35. The summed E-state index contributed by atoms with van der Waals surface area (Å²) in [7, 11) is 2.11. The standard InChI is InChI=1S/C14H20N2O/c1-12-11-15(2)8-9-16(12)14(17)10-13-6-4-3-5-7-13/h3-7,12H,8-11H2,1-2H3. The molecule has 1 saturated heterocycles. The Hall–Kier alpha value is -1.35. The van der Waals surface area contributed by atoms with Gasteiger partial charge < -0.3 is 9.80 Å². The van der Waals surface area contributed by atoms with E-state index in [-0.39, 0.29) is 5.91 Å². The second kappa shape index (κ2) is 5.32. The number of hydrogen-bond acceptors (Lipinski definition) is 2. The summed E-state index contributed by atoms with van der Waals surface area (Å²) in [6, 6.07) is 10.3. The molecule has 1 aliphatic rings. The molecule has 3 nitrogen and oxygen atoms in total. The van der Waals surface area contributed by atoms with Crippen LogP contribution < -0.4 is 0 Å². The Balaban J connectivity index is 1.96. The Kier molecular flexibility index (Phi) is 3.79. The van der Waals surface area contributed by atoms with E-state index in [1.165, 1.54) is 0 Å². The van der Waals surface area contributed by atoms with Crippen LogP contribution in [-0.4, -0.2) is 48.4 Å². The number of piperazine rings is 1. The van der Waals surface area contributed by atoms with E-state index in [2.05, 4.69) is 18.9 Å². The van der Waals surface area contributed by atoms with E-state index in [1.54, 1.807) is 0 Å². The summed E-state index contributed by atoms with van der Waals surface area (Å²) in [6.07, 6.45) is 0.523. The highest BCUT2D eigenvalue weighted by molar-refractivity contribution is 5.79. The van der Waals surface area contributed by atoms with Crippen LogP contribution in [0.1, 0.15) is 12.5 Å². The molecule has 1 amide bonds. The fourth-order valence-corrected chi connectivity index (χ4v) is 2.38. The van der Waals surface area contributed by atoms with Crippen LogP contribution in [0.5, 0.6) is 0 Å². The lowest BCUT2D eigenvalue weighted by Gasteiger charge is -2.38. The molecule has 0 bridgehead atoms. The second-order valence-corrected chi connectivity index (χ2v) is 4.86. The van der Waals surface area contributed by atoms with Gasteiger partial charge in [-0.05, 0) is 19.5 Å². The molecule has 1 aromatic rings. The van der Waals surface area contributed by atoms with Gasteiger partial charge in [-0.25, -0.2) is 0 Å². The van der Waals surface area contributed by atoms with E-state index in [1.807, 2.05) is 35.2 Å². The van der Waals surface area contributed by atoms with Gasteiger partial charge in [-0.15, -0.1) is 0 Å². The third-order valence-electron chi connectivity index (χ3n) is 3.35. The summed E-state index contributed by atoms with van der Waals surface area (Å²) in [5.41, 5.74) is 1.10. The molecule has 1 aliphatic heterocycles. The number of rotatable bonds is 2. The van der Waals surface area contributed by atoms with Gasteiger partial charge in [0.1, 0.15) is 0 Å². The van der Waals surface area contributed by atoms with Crippen molar-refractivity contribution in [2.24, 2.45) is 0 Å². The highest BCUT2D eigenvalue weighted by Gasteiger charge is 2.25. The summed E-state index contributed by atoms with van der Waals surface area (Å²) < 4.78 is 0. The minimum Gasteiger partial charge on any atom is -0.337 e. The maximum absolute atomic E-state index is 12.2. The predicted molar refractivity (Wildman–Crippen MR) is 68.8 cm³/mol. The maximum atomic E-state index is 12.2. The monoisotopic (exact) mass is 232 g/mol. The van der Waals surface area contributed by atoms with E-state index in [4.69, 9.17) is 0 Å². The summed E-state index contributed by atoms with van der Waals surface area (Å²) >= 11 is 0. The SMILES string of the molecule is CC1CN(C)CCN1C(=O)Cc1ccccc1. The van der Waals surface area contributed by atoms with Crippen molar-refractivity contribution in [3.63, 3.8) is 0 Å². The molecule has 2 rings (SSSR count). The lowest BCUT2D eigenvalue weighted by molar-refractivity contribution is -0.134. The normalized spacial score (nSPS) is 21.5. The average molecular weight is 232 g/mol. The molecule has 0 aliphatic carbocycles. The molecule has 0 radical (unpaired) electrons. The van der Waals surface area contributed by atoms with E-state index >= 15 is 0 Å². The minimum absolute atomic E-state index is 0.247. The zero-order valence-electron chi connectivity index (χ0n) is 10.6. The summed E-state index contributed by atoms with van der Waals surface area (Å²) in [5, 5.41) is 0. The van der Waals surface area contributed by atoms with E-state index in [9.17, 15) is 4.79 Å². The molecule has 1 fully saturated rings. The second-order valence-electron chi connectivity index (χ2n) is 4.86. The van der Waals surface area contributed by atoms with Crippen LogP contribution in [0.2, 0.25) is 0 Å². The van der Waals surface area contributed by atoms with E-state index in [0.717, 1.165) is 25.2 Å². The number of likely N-dealkylation sites (N-methyl/N-ethyl adjacent to an activating group) is 1. The van der Waals surface area contributed by atoms with Crippen LogP contribution in [0.15, 0.2) is 30.3 Å². The third kappa shape index (κ3) is 3.07. The van der Waals surface area contributed by atoms with Crippen LogP contribution in [0.3, 0.4) is 0 Å². The van der Waals surface area contributed by atoms with E-state index < -0.39 is 0 Å². The lowest BCUT2D eigenvalue weighted by Crippen LogP contribution is -2.53. The van der Waals surface area contributed by atoms with Gasteiger partial charge >= 0.3 is 0 Å². The first-order valence-corrected chi connectivity index (χ1v) is 6.19. The van der Waals surface area contributed by atoms with Gasteiger partial charge in [-0.1, -0.05) is 30.3 Å². The van der Waals surface area contributed by atoms with Gasteiger partial charge in [0.2, 0.25) is 5.91 Å². The van der Waals surface area contributed by atoms with Gasteiger partial charge in [-0.3, -0.25) is 4.79 Å². The Morgan fingerprint density at radius 2 is 2.00 bits per heavy atom. The van der Waals surface area contributed by atoms with Crippen LogP contribution >= 0.6 is 0 Å². The summed E-state index contributed by atoms with van der Waals surface area (Å²) in [5.74, 6) is 0.247. The van der Waals surface area contributed by atoms with Crippen LogP contribution in [0, 0.1) is 0 Å². The molecule has 1 aromatic carbocycles. The number of amides is 1. The molecule has 0 N–H and O–H groups in total. The van der Waals surface area contributed by atoms with Gasteiger partial charge in [0.15, 0.2) is 0 Å². The van der Waals surface area contributed by atoms with Crippen molar-refractivity contribution in [3.8, 4) is 0 Å². The molecular weight excluding hydrogens is 212 g/mol. The first-order valence-electron chi connectivity index (χ1n) is 6.19. The quantitative estimate of drug-likeness (QED) is 0.769. The fraction of sp³-hybridized carbons (Fsp3) is 0.500. The Bertz CT molecular complexity index is 377. The minimum atomic E-state index is 0.247. The van der Waals surface area contributed by atoms with Crippen LogP contribution in [-0.2, 0) is 11.2 Å². The van der Waals surface area contributed by atoms with Crippen molar-refractivity contribution in [1.29, 1.82) is 0 Å². The van der Waals surface area contributed by atoms with Gasteiger partial charge in [-0.2, -0.15) is 0 Å². The first kappa shape index (κ1) is 12.1. The Morgan fingerprint density at radius 3 is 2.65 bits per heavy atom. The Morgan fingerprint density at radius 1 is 1.29 bits per heavy atom. The number of carbonyl (C=O) groups is 1. The topological polar surface area (TPSA) is 23.6 Å². The molecule has 3 heteroatoms. The van der Waals surface area contributed by atoms with Gasteiger partial charge in [0, 0.05) is 25.7 Å². The van der Waals surface area contributed by atoms with Gasteiger partial charge in [0.05, 0.1) is 6.42 Å². The summed E-state index contributed by atoms with van der Waals surface area (Å²) in [4.78, 5) is 16.5. The predicted octanol–water partition coefficient (Wildman–Crippen LogP) is 1.39. The lowest BCUT2D eigenvalue weighted by atomic mass is 10.1. The van der Waals surface area contributed by atoms with Crippen molar-refractivity contribution < 1.29 is 4.79 Å². The number of hydrogen-bond donors (Lipinski definition) is 0. The van der Waals surface area contributed by atoms with Gasteiger partial charge in [0.25, 0.3) is 0 Å². The molecule has 92 valence electrons. The van der Waals surface area contributed by atoms with Crippen molar-refractivity contribution >= 4 is 5.91 Å². The molecule has 1 unspecified atom stereocenters. The average Bonchev–Trinajstić information content (AvgIpc) is 2.30. The highest BCUT2D eigenvalue weighted by Crippen LogP contribution is 2.11. The zero-order chi connectivity index (χ0) is 12.3. The number of benzene rings is 1. The largest absolute Gasteiger partial charge is 0.337 e. The molecule has 1 atom stereocenters. The first-order chi connectivity index (χ1) is 8.16. The Labute approximate surface area is 103 Å². The molecule has 0 aromatic heterocycles. The van der Waals surface area contributed by atoms with E-state index in [0.29, 0.717) is 12.5 Å². The maximum Gasteiger partial charge on any atom is 0.227 e. The van der Waals surface area contributed by atoms with Crippen molar-refractivity contribution in [3.05, 3.63) is 35.9 Å². The molecular formula is C14H20N2O. The van der Waals surface area contributed by atoms with Crippen LogP contribution in [0.25, 0.3) is 0 Å². The zero-order valence-corrected chi connectivity index (χ0v) is 10.6. The van der Waals surface area contributed by atoms with Crippen molar-refractivity contribution in [1.82, 2.24) is 9.80 Å². The highest BCUT2D eigenvalue weighted by atomic mass is 16.2. The van der Waals surface area contributed by atoms with Crippen LogP contribution in [0.4, 0.5) is 0 Å². The summed E-state index contributed by atoms with van der Waals surface area (Å²) in [6.45, 7) is 4.92. The smallest absolute Gasteiger partial charge is 0.227 e. The fourth-order valence-electron chi connectivity index (χ4n) is 2.38. The van der Waals surface area contributed by atoms with Crippen molar-refractivity contribution in [2.75, 3.05) is 26.7 Å². The number of nitrogens with zero attached hydrogens (tertiary/aromatic N) is 2. The molecule has 1 heterocycles. The van der Waals surface area contributed by atoms with Crippen molar-refractivity contribution in [2.45, 2.75) is 19.4 Å². The molecule has 17 heavy (non-hydrogen) atoms. The molecule has 0 saturated carbocycles. The molecule has 0 spiro atoms. The number of carbonyl (C=O) groups excluding carboxylic acids is 1.